The Hall–Kier alpha value is -0.240. The molecule has 2 saturated heterocycles. The van der Waals surface area contributed by atoms with Gasteiger partial charge < -0.3 is 29.5 Å². The molecule has 0 amide bonds. The Bertz CT molecular complexity index is 312. The molecule has 6 nitrogen and oxygen atoms in total. The van der Waals surface area contributed by atoms with Crippen LogP contribution in [0.1, 0.15) is 33.6 Å². The monoisotopic (exact) mass is 290 g/mol. The molecule has 0 aromatic rings. The summed E-state index contributed by atoms with van der Waals surface area (Å²) in [5.41, 5.74) is 0. The minimum Gasteiger partial charge on any atom is -0.393 e. The van der Waals surface area contributed by atoms with Crippen LogP contribution in [-0.4, -0.2) is 64.8 Å². The Morgan fingerprint density at radius 1 is 1.15 bits per heavy atom. The molecule has 2 rings (SSSR count). The van der Waals surface area contributed by atoms with Gasteiger partial charge in [0.05, 0.1) is 24.9 Å². The Kier molecular flexibility index (Phi) is 5.39. The van der Waals surface area contributed by atoms with Crippen molar-refractivity contribution in [1.82, 2.24) is 0 Å². The fourth-order valence-corrected chi connectivity index (χ4v) is 2.74. The highest BCUT2D eigenvalue weighted by Crippen LogP contribution is 2.30. The van der Waals surface area contributed by atoms with Gasteiger partial charge >= 0.3 is 0 Å². The van der Waals surface area contributed by atoms with E-state index in [1.165, 1.54) is 0 Å². The van der Waals surface area contributed by atoms with E-state index in [9.17, 15) is 15.3 Å². The van der Waals surface area contributed by atoms with Crippen LogP contribution in [-0.2, 0) is 14.2 Å². The van der Waals surface area contributed by atoms with E-state index < -0.39 is 30.7 Å². The van der Waals surface area contributed by atoms with Crippen LogP contribution < -0.4 is 0 Å². The molecular formula is C14H26O6. The van der Waals surface area contributed by atoms with Crippen LogP contribution in [0, 0.1) is 5.92 Å². The molecule has 0 bridgehead atoms. The summed E-state index contributed by atoms with van der Waals surface area (Å²) < 4.78 is 17.0. The fourth-order valence-electron chi connectivity index (χ4n) is 2.74. The standard InChI is InChI=1S/C14H26O6/c1-4-9-5-10(15)7(2)14(19-9)20-13-8(3)18-6-11(16)12(13)17/h7-17H,4-6H2,1-3H3. The summed E-state index contributed by atoms with van der Waals surface area (Å²) in [7, 11) is 0. The summed E-state index contributed by atoms with van der Waals surface area (Å²) in [4.78, 5) is 0. The molecule has 2 fully saturated rings. The zero-order chi connectivity index (χ0) is 14.9. The maximum atomic E-state index is 10.1. The summed E-state index contributed by atoms with van der Waals surface area (Å²) >= 11 is 0. The van der Waals surface area contributed by atoms with Gasteiger partial charge in [-0.1, -0.05) is 13.8 Å². The van der Waals surface area contributed by atoms with Crippen molar-refractivity contribution in [2.24, 2.45) is 5.92 Å². The van der Waals surface area contributed by atoms with Crippen molar-refractivity contribution >= 4 is 0 Å². The number of rotatable bonds is 3. The van der Waals surface area contributed by atoms with Crippen molar-refractivity contribution in [3.05, 3.63) is 0 Å². The molecule has 3 N–H and O–H groups in total. The van der Waals surface area contributed by atoms with Crippen LogP contribution in [0.25, 0.3) is 0 Å². The number of aliphatic hydroxyl groups excluding tert-OH is 3. The summed E-state index contributed by atoms with van der Waals surface area (Å²) in [6.45, 7) is 5.75. The van der Waals surface area contributed by atoms with Crippen molar-refractivity contribution in [2.75, 3.05) is 6.61 Å². The third kappa shape index (κ3) is 3.32. The molecule has 118 valence electrons. The van der Waals surface area contributed by atoms with Gasteiger partial charge in [0.25, 0.3) is 0 Å². The van der Waals surface area contributed by atoms with Crippen molar-refractivity contribution in [3.8, 4) is 0 Å². The van der Waals surface area contributed by atoms with Crippen LogP contribution in [0.5, 0.6) is 0 Å². The van der Waals surface area contributed by atoms with E-state index in [1.807, 2.05) is 13.8 Å². The summed E-state index contributed by atoms with van der Waals surface area (Å²) in [6, 6.07) is 0. The molecule has 0 radical (unpaired) electrons. The number of ether oxygens (including phenoxy) is 3. The minimum atomic E-state index is -1.01. The number of hydrogen-bond donors (Lipinski definition) is 3. The lowest BCUT2D eigenvalue weighted by atomic mass is 9.93. The molecule has 2 aliphatic heterocycles. The number of hydrogen-bond acceptors (Lipinski definition) is 6. The molecule has 0 spiro atoms. The van der Waals surface area contributed by atoms with Gasteiger partial charge in [-0.05, 0) is 13.3 Å². The Labute approximate surface area is 119 Å². The van der Waals surface area contributed by atoms with Crippen molar-refractivity contribution in [1.29, 1.82) is 0 Å². The van der Waals surface area contributed by atoms with Gasteiger partial charge in [0.1, 0.15) is 18.3 Å². The summed E-state index contributed by atoms with van der Waals surface area (Å²) in [5.74, 6) is -0.184. The van der Waals surface area contributed by atoms with E-state index >= 15 is 0 Å². The van der Waals surface area contributed by atoms with Gasteiger partial charge in [-0.3, -0.25) is 0 Å². The van der Waals surface area contributed by atoms with Gasteiger partial charge in [-0.2, -0.15) is 0 Å². The summed E-state index contributed by atoms with van der Waals surface area (Å²) in [5, 5.41) is 29.8. The smallest absolute Gasteiger partial charge is 0.163 e. The number of aliphatic hydroxyl groups is 3. The lowest BCUT2D eigenvalue weighted by Crippen LogP contribution is -2.56. The van der Waals surface area contributed by atoms with Gasteiger partial charge in [0.2, 0.25) is 0 Å². The predicted octanol–water partition coefficient (Wildman–Crippen LogP) is 0.0341. The van der Waals surface area contributed by atoms with E-state index in [0.29, 0.717) is 6.42 Å². The molecule has 2 heterocycles. The van der Waals surface area contributed by atoms with Crippen LogP contribution >= 0.6 is 0 Å². The van der Waals surface area contributed by atoms with Crippen LogP contribution in [0.3, 0.4) is 0 Å². The van der Waals surface area contributed by atoms with Gasteiger partial charge in [0, 0.05) is 12.3 Å². The van der Waals surface area contributed by atoms with Crippen LogP contribution in [0.4, 0.5) is 0 Å². The lowest BCUT2D eigenvalue weighted by molar-refractivity contribution is -0.300. The van der Waals surface area contributed by atoms with E-state index in [4.69, 9.17) is 14.2 Å². The lowest BCUT2D eigenvalue weighted by Gasteiger charge is -2.43. The molecule has 6 heteroatoms. The second-order valence-corrected chi connectivity index (χ2v) is 5.89. The fraction of sp³-hybridized carbons (Fsp3) is 1.00. The second-order valence-electron chi connectivity index (χ2n) is 5.89. The highest BCUT2D eigenvalue weighted by Gasteiger charge is 2.42. The molecular weight excluding hydrogens is 264 g/mol. The maximum Gasteiger partial charge on any atom is 0.163 e. The molecule has 8 atom stereocenters. The topological polar surface area (TPSA) is 88.4 Å². The first-order valence-electron chi connectivity index (χ1n) is 7.40. The highest BCUT2D eigenvalue weighted by atomic mass is 16.7. The molecule has 2 aliphatic rings. The molecule has 0 aromatic carbocycles. The average molecular weight is 290 g/mol. The van der Waals surface area contributed by atoms with Crippen molar-refractivity contribution < 1.29 is 29.5 Å². The molecule has 0 aromatic heterocycles. The van der Waals surface area contributed by atoms with Crippen LogP contribution in [0.2, 0.25) is 0 Å². The first kappa shape index (κ1) is 16.1. The van der Waals surface area contributed by atoms with E-state index in [2.05, 4.69) is 0 Å². The highest BCUT2D eigenvalue weighted by molar-refractivity contribution is 4.88. The predicted molar refractivity (Wildman–Crippen MR) is 71.0 cm³/mol. The largest absolute Gasteiger partial charge is 0.393 e. The molecule has 0 saturated carbocycles. The van der Waals surface area contributed by atoms with Gasteiger partial charge in [-0.25, -0.2) is 0 Å². The first-order valence-corrected chi connectivity index (χ1v) is 7.40. The van der Waals surface area contributed by atoms with Gasteiger partial charge in [0.15, 0.2) is 6.29 Å². The minimum absolute atomic E-state index is 0.0481. The van der Waals surface area contributed by atoms with Gasteiger partial charge in [-0.15, -0.1) is 0 Å². The second kappa shape index (κ2) is 6.68. The van der Waals surface area contributed by atoms with Crippen LogP contribution in [0.15, 0.2) is 0 Å². The first-order chi connectivity index (χ1) is 9.43. The maximum absolute atomic E-state index is 10.1. The molecule has 0 aliphatic carbocycles. The Morgan fingerprint density at radius 2 is 1.85 bits per heavy atom. The summed E-state index contributed by atoms with van der Waals surface area (Å²) in [6.07, 6.45) is -2.69. The zero-order valence-corrected chi connectivity index (χ0v) is 12.3. The Morgan fingerprint density at radius 3 is 2.50 bits per heavy atom. The average Bonchev–Trinajstić information content (AvgIpc) is 2.43. The zero-order valence-electron chi connectivity index (χ0n) is 12.3. The van der Waals surface area contributed by atoms with E-state index in [-0.39, 0.29) is 24.7 Å². The molecule has 8 unspecified atom stereocenters. The normalized spacial score (nSPS) is 50.1. The van der Waals surface area contributed by atoms with E-state index in [1.54, 1.807) is 6.92 Å². The third-order valence-corrected chi connectivity index (χ3v) is 4.34. The van der Waals surface area contributed by atoms with Crippen molar-refractivity contribution in [2.45, 2.75) is 76.5 Å². The third-order valence-electron chi connectivity index (χ3n) is 4.34. The Balaban J connectivity index is 2.02. The SMILES string of the molecule is CCC1CC(O)C(C)C(OC2C(C)OCC(O)C2O)O1. The molecule has 20 heavy (non-hydrogen) atoms. The van der Waals surface area contributed by atoms with Crippen molar-refractivity contribution in [3.63, 3.8) is 0 Å². The quantitative estimate of drug-likeness (QED) is 0.680. The van der Waals surface area contributed by atoms with E-state index in [0.717, 1.165) is 6.42 Å².